The molecule has 0 bridgehead atoms. The molecule has 30 heavy (non-hydrogen) atoms. The number of nitrogens with zero attached hydrogens (tertiary/aromatic N) is 3. The molecule has 1 aliphatic rings. The molecule has 0 unspecified atom stereocenters. The molecule has 0 aliphatic carbocycles. The molecular formula is C20H22F3N3O4. The number of benzene rings is 2. The Morgan fingerprint density at radius 2 is 1.73 bits per heavy atom. The predicted molar refractivity (Wildman–Crippen MR) is 105 cm³/mol. The van der Waals surface area contributed by atoms with Crippen LogP contribution < -0.4 is 14.4 Å². The van der Waals surface area contributed by atoms with Crippen LogP contribution in [-0.4, -0.2) is 50.2 Å². The van der Waals surface area contributed by atoms with Crippen molar-refractivity contribution in [3.05, 3.63) is 57.6 Å². The molecule has 0 spiro atoms. The van der Waals surface area contributed by atoms with Crippen LogP contribution in [0, 0.1) is 10.1 Å². The highest BCUT2D eigenvalue weighted by molar-refractivity contribution is 5.65. The van der Waals surface area contributed by atoms with Gasteiger partial charge in [0, 0.05) is 44.4 Å². The zero-order valence-electron chi connectivity index (χ0n) is 16.6. The fourth-order valence-electron chi connectivity index (χ4n) is 3.51. The third kappa shape index (κ3) is 4.76. The maximum absolute atomic E-state index is 12.9. The molecule has 2 aromatic rings. The highest BCUT2D eigenvalue weighted by Crippen LogP contribution is 2.37. The summed E-state index contributed by atoms with van der Waals surface area (Å²) in [5.74, 6) is 1.45. The van der Waals surface area contributed by atoms with Gasteiger partial charge in [-0.3, -0.25) is 15.0 Å². The third-order valence-electron chi connectivity index (χ3n) is 5.09. The topological polar surface area (TPSA) is 68.1 Å². The molecule has 0 amide bonds. The molecule has 3 rings (SSSR count). The molecule has 7 nitrogen and oxygen atoms in total. The highest BCUT2D eigenvalue weighted by Gasteiger charge is 2.34. The molecule has 1 heterocycles. The van der Waals surface area contributed by atoms with E-state index in [1.54, 1.807) is 19.1 Å². The number of anilines is 1. The van der Waals surface area contributed by atoms with Gasteiger partial charge in [-0.05, 0) is 30.3 Å². The van der Waals surface area contributed by atoms with E-state index in [2.05, 4.69) is 4.90 Å². The molecule has 1 aliphatic heterocycles. The van der Waals surface area contributed by atoms with E-state index < -0.39 is 22.4 Å². The van der Waals surface area contributed by atoms with Crippen molar-refractivity contribution >= 4 is 11.4 Å². The lowest BCUT2D eigenvalue weighted by Crippen LogP contribution is -2.46. The first-order chi connectivity index (χ1) is 14.2. The minimum Gasteiger partial charge on any atom is -0.497 e. The second-order valence-electron chi connectivity index (χ2n) is 6.90. The van der Waals surface area contributed by atoms with Crippen LogP contribution in [0.3, 0.4) is 0 Å². The van der Waals surface area contributed by atoms with Crippen LogP contribution in [0.15, 0.2) is 36.4 Å². The number of alkyl halides is 3. The number of rotatable bonds is 6. The average molecular weight is 425 g/mol. The molecule has 2 aromatic carbocycles. The third-order valence-corrected chi connectivity index (χ3v) is 5.09. The van der Waals surface area contributed by atoms with Crippen LogP contribution in [-0.2, 0) is 12.7 Å². The van der Waals surface area contributed by atoms with E-state index in [9.17, 15) is 23.3 Å². The summed E-state index contributed by atoms with van der Waals surface area (Å²) >= 11 is 0. The normalized spacial score (nSPS) is 15.2. The van der Waals surface area contributed by atoms with Crippen molar-refractivity contribution in [1.29, 1.82) is 0 Å². The standard InChI is InChI=1S/C20H22F3N3O4/c1-29-16-4-6-19(30-2)14(11-16)13-24-7-9-25(10-8-24)17-5-3-15(20(21,22)23)12-18(17)26(27)28/h3-6,11-12H,7-10,13H2,1-2H3. The van der Waals surface area contributed by atoms with Crippen molar-refractivity contribution in [1.82, 2.24) is 4.90 Å². The number of ether oxygens (including phenoxy) is 2. The van der Waals surface area contributed by atoms with E-state index in [4.69, 9.17) is 9.47 Å². The van der Waals surface area contributed by atoms with Crippen LogP contribution >= 0.6 is 0 Å². The fraction of sp³-hybridized carbons (Fsp3) is 0.400. The molecule has 0 saturated carbocycles. The van der Waals surface area contributed by atoms with Crippen molar-refractivity contribution in [3.63, 3.8) is 0 Å². The zero-order valence-corrected chi connectivity index (χ0v) is 16.6. The summed E-state index contributed by atoms with van der Waals surface area (Å²) in [7, 11) is 3.17. The second kappa shape index (κ2) is 8.78. The van der Waals surface area contributed by atoms with Gasteiger partial charge >= 0.3 is 6.18 Å². The van der Waals surface area contributed by atoms with E-state index >= 15 is 0 Å². The zero-order chi connectivity index (χ0) is 21.9. The number of hydrogen-bond acceptors (Lipinski definition) is 6. The number of hydrogen-bond donors (Lipinski definition) is 0. The first kappa shape index (κ1) is 21.7. The second-order valence-corrected chi connectivity index (χ2v) is 6.90. The van der Waals surface area contributed by atoms with Crippen LogP contribution in [0.1, 0.15) is 11.1 Å². The van der Waals surface area contributed by atoms with E-state index in [0.29, 0.717) is 44.5 Å². The van der Waals surface area contributed by atoms with Gasteiger partial charge in [0.05, 0.1) is 24.7 Å². The molecule has 1 saturated heterocycles. The summed E-state index contributed by atoms with van der Waals surface area (Å²) < 4.78 is 49.4. The van der Waals surface area contributed by atoms with Crippen molar-refractivity contribution < 1.29 is 27.6 Å². The molecule has 0 N–H and O–H groups in total. The molecular weight excluding hydrogens is 403 g/mol. The highest BCUT2D eigenvalue weighted by atomic mass is 19.4. The summed E-state index contributed by atoms with van der Waals surface area (Å²) in [6.45, 7) is 2.71. The summed E-state index contributed by atoms with van der Waals surface area (Å²) in [6, 6.07) is 8.20. The van der Waals surface area contributed by atoms with Gasteiger partial charge in [0.25, 0.3) is 5.69 Å². The Labute approximate surface area is 171 Å². The Morgan fingerprint density at radius 3 is 2.30 bits per heavy atom. The van der Waals surface area contributed by atoms with Gasteiger partial charge in [-0.15, -0.1) is 0 Å². The van der Waals surface area contributed by atoms with E-state index in [0.717, 1.165) is 17.4 Å². The molecule has 0 atom stereocenters. The number of nitro groups is 1. The molecule has 0 aromatic heterocycles. The van der Waals surface area contributed by atoms with Gasteiger partial charge in [-0.2, -0.15) is 13.2 Å². The lowest BCUT2D eigenvalue weighted by Gasteiger charge is -2.36. The molecule has 10 heteroatoms. The van der Waals surface area contributed by atoms with Gasteiger partial charge in [0.1, 0.15) is 17.2 Å². The van der Waals surface area contributed by atoms with Crippen LogP contribution in [0.2, 0.25) is 0 Å². The number of halogens is 3. The largest absolute Gasteiger partial charge is 0.497 e. The maximum Gasteiger partial charge on any atom is 0.416 e. The van der Waals surface area contributed by atoms with E-state index in [1.165, 1.54) is 6.07 Å². The molecule has 0 radical (unpaired) electrons. The fourth-order valence-corrected chi connectivity index (χ4v) is 3.51. The van der Waals surface area contributed by atoms with Crippen LogP contribution in [0.4, 0.5) is 24.5 Å². The quantitative estimate of drug-likeness (QED) is 0.516. The van der Waals surface area contributed by atoms with Gasteiger partial charge in [-0.25, -0.2) is 0 Å². The Kier molecular flexibility index (Phi) is 6.35. The summed E-state index contributed by atoms with van der Waals surface area (Å²) in [5.41, 5.74) is -0.410. The summed E-state index contributed by atoms with van der Waals surface area (Å²) in [4.78, 5) is 14.5. The molecule has 162 valence electrons. The van der Waals surface area contributed by atoms with Crippen molar-refractivity contribution in [2.75, 3.05) is 45.3 Å². The summed E-state index contributed by atoms with van der Waals surface area (Å²) in [5, 5.41) is 11.4. The SMILES string of the molecule is COc1ccc(OC)c(CN2CCN(c3ccc(C(F)(F)F)cc3[N+](=O)[O-])CC2)c1. The Hall–Kier alpha value is -3.01. The molecule has 1 fully saturated rings. The number of nitro benzene ring substituents is 1. The van der Waals surface area contributed by atoms with Gasteiger partial charge in [-0.1, -0.05) is 0 Å². The monoisotopic (exact) mass is 425 g/mol. The lowest BCUT2D eigenvalue weighted by molar-refractivity contribution is -0.384. The minimum absolute atomic E-state index is 0.201. The van der Waals surface area contributed by atoms with Crippen molar-refractivity contribution in [2.24, 2.45) is 0 Å². The number of piperazine rings is 1. The number of methoxy groups -OCH3 is 2. The lowest BCUT2D eigenvalue weighted by atomic mass is 10.1. The van der Waals surface area contributed by atoms with Crippen molar-refractivity contribution in [2.45, 2.75) is 12.7 Å². The Bertz CT molecular complexity index is 913. The summed E-state index contributed by atoms with van der Waals surface area (Å²) in [6.07, 6.45) is -4.63. The van der Waals surface area contributed by atoms with Gasteiger partial charge in [0.2, 0.25) is 0 Å². The minimum atomic E-state index is -4.63. The maximum atomic E-state index is 12.9. The Morgan fingerprint density at radius 1 is 1.03 bits per heavy atom. The first-order valence-electron chi connectivity index (χ1n) is 9.26. The van der Waals surface area contributed by atoms with E-state index in [1.807, 2.05) is 18.2 Å². The van der Waals surface area contributed by atoms with Gasteiger partial charge < -0.3 is 14.4 Å². The smallest absolute Gasteiger partial charge is 0.416 e. The van der Waals surface area contributed by atoms with Crippen LogP contribution in [0.25, 0.3) is 0 Å². The van der Waals surface area contributed by atoms with Gasteiger partial charge in [0.15, 0.2) is 0 Å². The Balaban J connectivity index is 1.72. The first-order valence-corrected chi connectivity index (χ1v) is 9.26. The van der Waals surface area contributed by atoms with Crippen molar-refractivity contribution in [3.8, 4) is 11.5 Å². The van der Waals surface area contributed by atoms with E-state index in [-0.39, 0.29) is 5.69 Å². The average Bonchev–Trinajstić information content (AvgIpc) is 2.73. The van der Waals surface area contributed by atoms with Crippen LogP contribution in [0.5, 0.6) is 11.5 Å². The predicted octanol–water partition coefficient (Wildman–Crippen LogP) is 3.95.